The lowest BCUT2D eigenvalue weighted by atomic mass is 10.1. The maximum atomic E-state index is 5.69. The zero-order valence-electron chi connectivity index (χ0n) is 10.9. The summed E-state index contributed by atoms with van der Waals surface area (Å²) >= 11 is 6.86. The second kappa shape index (κ2) is 6.55. The highest BCUT2D eigenvalue weighted by atomic mass is 79.9. The summed E-state index contributed by atoms with van der Waals surface area (Å²) in [7, 11) is 0. The molecule has 1 aliphatic rings. The third-order valence-corrected chi connectivity index (χ3v) is 5.34. The van der Waals surface area contributed by atoms with Crippen molar-refractivity contribution in [2.45, 2.75) is 45.3 Å². The Kier molecular flexibility index (Phi) is 5.30. The van der Waals surface area contributed by atoms with Gasteiger partial charge in [-0.1, -0.05) is 13.8 Å². The summed E-state index contributed by atoms with van der Waals surface area (Å²) in [5.74, 6) is 1.02. The number of halogens is 2. The highest BCUT2D eigenvalue weighted by Gasteiger charge is 2.26. The van der Waals surface area contributed by atoms with E-state index in [0.717, 1.165) is 34.5 Å². The number of rotatable bonds is 4. The molecule has 1 fully saturated rings. The van der Waals surface area contributed by atoms with Gasteiger partial charge in [-0.05, 0) is 50.8 Å². The first-order valence-electron chi connectivity index (χ1n) is 6.55. The van der Waals surface area contributed by atoms with Crippen LogP contribution in [0.3, 0.4) is 0 Å². The van der Waals surface area contributed by atoms with E-state index in [1.54, 1.807) is 0 Å². The maximum Gasteiger partial charge on any atom is 0.183 e. The highest BCUT2D eigenvalue weighted by molar-refractivity contribution is 9.13. The van der Waals surface area contributed by atoms with E-state index in [0.29, 0.717) is 12.1 Å². The molecule has 3 nitrogen and oxygen atoms in total. The van der Waals surface area contributed by atoms with Gasteiger partial charge >= 0.3 is 0 Å². The fourth-order valence-electron chi connectivity index (χ4n) is 2.47. The second-order valence-electron chi connectivity index (χ2n) is 4.84. The summed E-state index contributed by atoms with van der Waals surface area (Å²) in [5.41, 5.74) is 0. The van der Waals surface area contributed by atoms with Crippen molar-refractivity contribution < 1.29 is 4.42 Å². The van der Waals surface area contributed by atoms with E-state index in [1.807, 2.05) is 0 Å². The predicted molar refractivity (Wildman–Crippen MR) is 80.7 cm³/mol. The minimum atomic E-state index is 0.606. The average Bonchev–Trinajstić information content (AvgIpc) is 2.68. The molecule has 0 amide bonds. The van der Waals surface area contributed by atoms with Crippen molar-refractivity contribution in [3.05, 3.63) is 21.0 Å². The van der Waals surface area contributed by atoms with Crippen LogP contribution in [0.15, 0.2) is 19.6 Å². The molecule has 2 atom stereocenters. The quantitative estimate of drug-likeness (QED) is 0.863. The topological polar surface area (TPSA) is 28.4 Å². The van der Waals surface area contributed by atoms with Gasteiger partial charge in [-0.2, -0.15) is 0 Å². The predicted octanol–water partition coefficient (Wildman–Crippen LogP) is 3.77. The molecule has 0 aromatic carbocycles. The minimum absolute atomic E-state index is 0.606. The van der Waals surface area contributed by atoms with Crippen LogP contribution >= 0.6 is 31.9 Å². The van der Waals surface area contributed by atoms with E-state index in [9.17, 15) is 0 Å². The summed E-state index contributed by atoms with van der Waals surface area (Å²) in [6.45, 7) is 7.56. The van der Waals surface area contributed by atoms with Crippen molar-refractivity contribution in [3.63, 3.8) is 0 Å². The fraction of sp³-hybridized carbons (Fsp3) is 0.692. The minimum Gasteiger partial charge on any atom is -0.452 e. The van der Waals surface area contributed by atoms with Crippen LogP contribution in [-0.2, 0) is 6.54 Å². The summed E-state index contributed by atoms with van der Waals surface area (Å²) < 4.78 is 7.46. The number of nitrogens with zero attached hydrogens (tertiary/aromatic N) is 1. The van der Waals surface area contributed by atoms with Crippen molar-refractivity contribution in [3.8, 4) is 0 Å². The van der Waals surface area contributed by atoms with E-state index in [2.05, 4.69) is 62.0 Å². The normalized spacial score (nSPS) is 25.6. The van der Waals surface area contributed by atoms with Crippen LogP contribution in [0.2, 0.25) is 0 Å². The summed E-state index contributed by atoms with van der Waals surface area (Å²) in [6, 6.07) is 3.27. The van der Waals surface area contributed by atoms with E-state index in [4.69, 9.17) is 4.42 Å². The van der Waals surface area contributed by atoms with E-state index >= 15 is 0 Å². The summed E-state index contributed by atoms with van der Waals surface area (Å²) in [5, 5.41) is 3.61. The molecular formula is C13H20Br2N2O. The molecule has 1 aromatic heterocycles. The van der Waals surface area contributed by atoms with E-state index in [-0.39, 0.29) is 0 Å². The Labute approximate surface area is 126 Å². The standard InChI is InChI=1S/C13H20Br2N2O/c1-3-9-7-17(10(4-2)6-16-9)8-11-5-12(14)13(15)18-11/h5,9-10,16H,3-4,6-8H2,1-2H3. The Hall–Kier alpha value is 0.160. The third kappa shape index (κ3) is 3.38. The largest absolute Gasteiger partial charge is 0.452 e. The Morgan fingerprint density at radius 1 is 1.39 bits per heavy atom. The number of hydrogen-bond acceptors (Lipinski definition) is 3. The molecule has 0 radical (unpaired) electrons. The molecule has 1 aromatic rings. The maximum absolute atomic E-state index is 5.69. The van der Waals surface area contributed by atoms with Gasteiger partial charge in [-0.3, -0.25) is 4.90 Å². The van der Waals surface area contributed by atoms with Gasteiger partial charge in [-0.15, -0.1) is 0 Å². The molecule has 2 rings (SSSR count). The number of nitrogens with one attached hydrogen (secondary N) is 1. The Bertz CT molecular complexity index is 375. The molecule has 2 heterocycles. The van der Waals surface area contributed by atoms with Gasteiger partial charge in [0.25, 0.3) is 0 Å². The second-order valence-corrected chi connectivity index (χ2v) is 6.41. The Morgan fingerprint density at radius 3 is 2.72 bits per heavy atom. The molecule has 0 bridgehead atoms. The van der Waals surface area contributed by atoms with Crippen LogP contribution < -0.4 is 5.32 Å². The van der Waals surface area contributed by atoms with E-state index in [1.165, 1.54) is 12.8 Å². The lowest BCUT2D eigenvalue weighted by molar-refractivity contribution is 0.109. The van der Waals surface area contributed by atoms with Crippen LogP contribution in [0.1, 0.15) is 32.4 Å². The van der Waals surface area contributed by atoms with E-state index < -0.39 is 0 Å². The lowest BCUT2D eigenvalue weighted by Gasteiger charge is -2.39. The molecule has 1 aliphatic heterocycles. The van der Waals surface area contributed by atoms with Crippen molar-refractivity contribution in [2.24, 2.45) is 0 Å². The molecule has 102 valence electrons. The van der Waals surface area contributed by atoms with Crippen LogP contribution in [-0.4, -0.2) is 30.1 Å². The van der Waals surface area contributed by atoms with Gasteiger partial charge in [-0.25, -0.2) is 0 Å². The molecule has 1 saturated heterocycles. The van der Waals surface area contributed by atoms with Crippen LogP contribution in [0.4, 0.5) is 0 Å². The molecule has 2 unspecified atom stereocenters. The lowest BCUT2D eigenvalue weighted by Crippen LogP contribution is -2.55. The molecule has 5 heteroatoms. The zero-order valence-corrected chi connectivity index (χ0v) is 14.1. The molecule has 0 aliphatic carbocycles. The van der Waals surface area contributed by atoms with Crippen molar-refractivity contribution in [2.75, 3.05) is 13.1 Å². The van der Waals surface area contributed by atoms with Gasteiger partial charge in [0.05, 0.1) is 11.0 Å². The average molecular weight is 380 g/mol. The van der Waals surface area contributed by atoms with Crippen molar-refractivity contribution in [1.29, 1.82) is 0 Å². The monoisotopic (exact) mass is 378 g/mol. The van der Waals surface area contributed by atoms with Gasteiger partial charge in [0.2, 0.25) is 0 Å². The molecule has 1 N–H and O–H groups in total. The zero-order chi connectivity index (χ0) is 13.1. The number of piperazine rings is 1. The Balaban J connectivity index is 2.04. The number of furan rings is 1. The smallest absolute Gasteiger partial charge is 0.183 e. The Morgan fingerprint density at radius 2 is 2.17 bits per heavy atom. The fourth-order valence-corrected chi connectivity index (χ4v) is 3.13. The first-order valence-corrected chi connectivity index (χ1v) is 8.13. The first-order chi connectivity index (χ1) is 8.63. The first kappa shape index (κ1) is 14.6. The molecular weight excluding hydrogens is 360 g/mol. The summed E-state index contributed by atoms with van der Waals surface area (Å²) in [4.78, 5) is 2.53. The van der Waals surface area contributed by atoms with Crippen LogP contribution in [0.5, 0.6) is 0 Å². The highest BCUT2D eigenvalue weighted by Crippen LogP contribution is 2.28. The summed E-state index contributed by atoms with van der Waals surface area (Å²) in [6.07, 6.45) is 2.35. The molecule has 0 spiro atoms. The number of hydrogen-bond donors (Lipinski definition) is 1. The third-order valence-electron chi connectivity index (χ3n) is 3.63. The molecule has 0 saturated carbocycles. The SMILES string of the molecule is CCC1CN(Cc2cc(Br)c(Br)o2)C(CC)CN1. The van der Waals surface area contributed by atoms with Gasteiger partial charge in [0.15, 0.2) is 4.67 Å². The molecule has 18 heavy (non-hydrogen) atoms. The van der Waals surface area contributed by atoms with Gasteiger partial charge in [0, 0.05) is 25.2 Å². The van der Waals surface area contributed by atoms with Gasteiger partial charge < -0.3 is 9.73 Å². The van der Waals surface area contributed by atoms with Crippen molar-refractivity contribution >= 4 is 31.9 Å². The van der Waals surface area contributed by atoms with Crippen molar-refractivity contribution in [1.82, 2.24) is 10.2 Å². The van der Waals surface area contributed by atoms with Crippen LogP contribution in [0, 0.1) is 0 Å². The van der Waals surface area contributed by atoms with Crippen LogP contribution in [0.25, 0.3) is 0 Å². The van der Waals surface area contributed by atoms with Gasteiger partial charge in [0.1, 0.15) is 5.76 Å².